The average Bonchev–Trinajstić information content (AvgIpc) is 2.32. The van der Waals surface area contributed by atoms with Gasteiger partial charge in [0.25, 0.3) is 0 Å². The van der Waals surface area contributed by atoms with Gasteiger partial charge in [-0.15, -0.1) is 0 Å². The first-order valence-corrected chi connectivity index (χ1v) is 7.06. The molecule has 0 aromatic heterocycles. The van der Waals surface area contributed by atoms with Crippen molar-refractivity contribution in [2.45, 2.75) is 13.8 Å². The summed E-state index contributed by atoms with van der Waals surface area (Å²) in [4.78, 5) is 11.0. The van der Waals surface area contributed by atoms with Crippen LogP contribution in [0.5, 0.6) is 0 Å². The Morgan fingerprint density at radius 3 is 2.42 bits per heavy atom. The molecule has 0 heterocycles. The van der Waals surface area contributed by atoms with Crippen LogP contribution in [0.2, 0.25) is 0 Å². The third kappa shape index (κ3) is 3.65. The van der Waals surface area contributed by atoms with Crippen LogP contribution >= 0.6 is 0 Å². The van der Waals surface area contributed by atoms with Crippen LogP contribution in [0.25, 0.3) is 0 Å². The molecule has 0 spiro atoms. The van der Waals surface area contributed by atoms with Crippen molar-refractivity contribution in [2.24, 2.45) is 0 Å². The number of carboxylic acids is 1. The molecule has 106 valence electrons. The first-order valence-electron chi connectivity index (χ1n) is 5.62. The summed E-state index contributed by atoms with van der Waals surface area (Å²) in [6.45, 7) is 3.81. The van der Waals surface area contributed by atoms with Gasteiger partial charge in [-0.05, 0) is 18.2 Å². The van der Waals surface area contributed by atoms with Gasteiger partial charge in [-0.3, -0.25) is 4.72 Å². The highest BCUT2D eigenvalue weighted by Gasteiger charge is 2.21. The molecule has 1 aromatic rings. The SMILES string of the molecule is CCN(CC)S(=O)(=O)Nc1ccc(F)cc1C(=O)O. The number of benzene rings is 1. The molecule has 2 N–H and O–H groups in total. The van der Waals surface area contributed by atoms with E-state index in [4.69, 9.17) is 5.11 Å². The van der Waals surface area contributed by atoms with Gasteiger partial charge in [0.05, 0.1) is 11.3 Å². The molecular formula is C11H15FN2O4S. The average molecular weight is 290 g/mol. The van der Waals surface area contributed by atoms with Crippen LogP contribution in [-0.2, 0) is 10.2 Å². The number of hydrogen-bond acceptors (Lipinski definition) is 3. The molecule has 1 aromatic carbocycles. The van der Waals surface area contributed by atoms with Gasteiger partial charge in [-0.1, -0.05) is 13.8 Å². The van der Waals surface area contributed by atoms with Gasteiger partial charge in [0.2, 0.25) is 0 Å². The summed E-state index contributed by atoms with van der Waals surface area (Å²) in [7, 11) is -3.85. The van der Waals surface area contributed by atoms with Gasteiger partial charge in [-0.2, -0.15) is 12.7 Å². The number of aromatic carboxylic acids is 1. The maximum absolute atomic E-state index is 13.0. The molecule has 0 unspecified atom stereocenters. The van der Waals surface area contributed by atoms with E-state index in [2.05, 4.69) is 4.72 Å². The van der Waals surface area contributed by atoms with Gasteiger partial charge < -0.3 is 5.11 Å². The zero-order valence-electron chi connectivity index (χ0n) is 10.6. The molecule has 0 aliphatic heterocycles. The normalized spacial score (nSPS) is 11.6. The lowest BCUT2D eigenvalue weighted by Crippen LogP contribution is -2.35. The zero-order chi connectivity index (χ0) is 14.6. The molecule has 0 radical (unpaired) electrons. The molecule has 19 heavy (non-hydrogen) atoms. The van der Waals surface area contributed by atoms with Crippen molar-refractivity contribution in [3.05, 3.63) is 29.6 Å². The molecule has 0 aliphatic carbocycles. The second-order valence-corrected chi connectivity index (χ2v) is 5.36. The summed E-state index contributed by atoms with van der Waals surface area (Å²) >= 11 is 0. The van der Waals surface area contributed by atoms with Crippen LogP contribution in [0.3, 0.4) is 0 Å². The molecular weight excluding hydrogens is 275 g/mol. The molecule has 0 saturated heterocycles. The Hall–Kier alpha value is -1.67. The predicted octanol–water partition coefficient (Wildman–Crippen LogP) is 1.52. The minimum Gasteiger partial charge on any atom is -0.478 e. The number of nitrogens with one attached hydrogen (secondary N) is 1. The second kappa shape index (κ2) is 5.98. The van der Waals surface area contributed by atoms with Crippen LogP contribution in [-0.4, -0.2) is 36.9 Å². The molecule has 0 bridgehead atoms. The van der Waals surface area contributed by atoms with Crippen LogP contribution in [0.1, 0.15) is 24.2 Å². The van der Waals surface area contributed by atoms with Crippen molar-refractivity contribution in [1.29, 1.82) is 0 Å². The van der Waals surface area contributed by atoms with E-state index in [0.717, 1.165) is 22.5 Å². The standard InChI is InChI=1S/C11H15FN2O4S/c1-3-14(4-2)19(17,18)13-10-6-5-8(12)7-9(10)11(15)16/h5-7,13H,3-4H2,1-2H3,(H,15,16). The highest BCUT2D eigenvalue weighted by atomic mass is 32.2. The van der Waals surface area contributed by atoms with E-state index >= 15 is 0 Å². The van der Waals surface area contributed by atoms with E-state index in [1.165, 1.54) is 0 Å². The molecule has 0 fully saturated rings. The largest absolute Gasteiger partial charge is 0.478 e. The van der Waals surface area contributed by atoms with Crippen molar-refractivity contribution in [3.8, 4) is 0 Å². The van der Waals surface area contributed by atoms with Gasteiger partial charge in [0, 0.05) is 13.1 Å². The summed E-state index contributed by atoms with van der Waals surface area (Å²) in [6.07, 6.45) is 0. The molecule has 0 amide bonds. The fraction of sp³-hybridized carbons (Fsp3) is 0.364. The minimum absolute atomic E-state index is 0.166. The van der Waals surface area contributed by atoms with Gasteiger partial charge in [0.15, 0.2) is 0 Å². The lowest BCUT2D eigenvalue weighted by atomic mass is 10.2. The maximum Gasteiger partial charge on any atom is 0.337 e. The molecule has 6 nitrogen and oxygen atoms in total. The fourth-order valence-electron chi connectivity index (χ4n) is 1.55. The molecule has 1 rings (SSSR count). The molecule has 8 heteroatoms. The highest BCUT2D eigenvalue weighted by molar-refractivity contribution is 7.90. The van der Waals surface area contributed by atoms with E-state index in [0.29, 0.717) is 0 Å². The quantitative estimate of drug-likeness (QED) is 0.831. The summed E-state index contributed by atoms with van der Waals surface area (Å²) in [6, 6.07) is 2.84. The molecule has 0 aliphatic rings. The van der Waals surface area contributed by atoms with Crippen molar-refractivity contribution in [3.63, 3.8) is 0 Å². The van der Waals surface area contributed by atoms with Crippen LogP contribution in [0.15, 0.2) is 18.2 Å². The Labute approximate surface area is 111 Å². The Morgan fingerprint density at radius 1 is 1.37 bits per heavy atom. The van der Waals surface area contributed by atoms with Crippen LogP contribution in [0, 0.1) is 5.82 Å². The number of hydrogen-bond donors (Lipinski definition) is 2. The maximum atomic E-state index is 13.0. The third-order valence-corrected chi connectivity index (χ3v) is 4.17. The van der Waals surface area contributed by atoms with Crippen molar-refractivity contribution in [2.75, 3.05) is 17.8 Å². The number of carboxylic acid groups (broad SMARTS) is 1. The third-order valence-electron chi connectivity index (χ3n) is 2.50. The lowest BCUT2D eigenvalue weighted by Gasteiger charge is -2.20. The Kier molecular flexibility index (Phi) is 4.84. The number of halogens is 1. The number of carbonyl (C=O) groups is 1. The van der Waals surface area contributed by atoms with Crippen LogP contribution < -0.4 is 4.72 Å². The van der Waals surface area contributed by atoms with E-state index in [1.807, 2.05) is 0 Å². The first kappa shape index (κ1) is 15.4. The van der Waals surface area contributed by atoms with Crippen molar-refractivity contribution < 1.29 is 22.7 Å². The van der Waals surface area contributed by atoms with Crippen LogP contribution in [0.4, 0.5) is 10.1 Å². The van der Waals surface area contributed by atoms with Gasteiger partial charge in [-0.25, -0.2) is 9.18 Å². The fourth-order valence-corrected chi connectivity index (χ4v) is 2.81. The molecule has 0 atom stereocenters. The number of nitrogens with zero attached hydrogens (tertiary/aromatic N) is 1. The monoisotopic (exact) mass is 290 g/mol. The van der Waals surface area contributed by atoms with Crippen molar-refractivity contribution in [1.82, 2.24) is 4.31 Å². The summed E-state index contributed by atoms with van der Waals surface area (Å²) in [5.41, 5.74) is -0.600. The Bertz CT molecular complexity index is 570. The van der Waals surface area contributed by atoms with Gasteiger partial charge in [0.1, 0.15) is 5.82 Å². The van der Waals surface area contributed by atoms with Gasteiger partial charge >= 0.3 is 16.2 Å². The zero-order valence-corrected chi connectivity index (χ0v) is 11.4. The summed E-state index contributed by atoms with van der Waals surface area (Å²) in [5, 5.41) is 8.92. The number of anilines is 1. The summed E-state index contributed by atoms with van der Waals surface area (Å²) in [5.74, 6) is -2.15. The minimum atomic E-state index is -3.85. The molecule has 0 saturated carbocycles. The van der Waals surface area contributed by atoms with E-state index in [1.54, 1.807) is 13.8 Å². The van der Waals surface area contributed by atoms with E-state index in [9.17, 15) is 17.6 Å². The summed E-state index contributed by atoms with van der Waals surface area (Å²) < 4.78 is 40.2. The number of rotatable bonds is 6. The topological polar surface area (TPSA) is 86.7 Å². The Morgan fingerprint density at radius 2 is 1.95 bits per heavy atom. The second-order valence-electron chi connectivity index (χ2n) is 3.69. The highest BCUT2D eigenvalue weighted by Crippen LogP contribution is 2.19. The first-order chi connectivity index (χ1) is 8.81. The Balaban J connectivity index is 3.16. The van der Waals surface area contributed by atoms with E-state index < -0.39 is 27.6 Å². The predicted molar refractivity (Wildman–Crippen MR) is 68.8 cm³/mol. The van der Waals surface area contributed by atoms with E-state index in [-0.39, 0.29) is 18.8 Å². The van der Waals surface area contributed by atoms with Crippen molar-refractivity contribution >= 4 is 21.9 Å². The lowest BCUT2D eigenvalue weighted by molar-refractivity contribution is 0.0697. The smallest absolute Gasteiger partial charge is 0.337 e.